The van der Waals surface area contributed by atoms with Crippen molar-refractivity contribution < 1.29 is 4.79 Å². The summed E-state index contributed by atoms with van der Waals surface area (Å²) in [6, 6.07) is 2.01. The van der Waals surface area contributed by atoms with Gasteiger partial charge < -0.3 is 15.5 Å². The Bertz CT molecular complexity index is 884. The molecule has 0 unspecified atom stereocenters. The van der Waals surface area contributed by atoms with E-state index < -0.39 is 0 Å². The minimum atomic E-state index is 0.00290. The second-order valence-electron chi connectivity index (χ2n) is 5.78. The molecule has 1 fully saturated rings. The van der Waals surface area contributed by atoms with Crippen LogP contribution in [0.15, 0.2) is 23.2 Å². The molecule has 0 radical (unpaired) electrons. The van der Waals surface area contributed by atoms with Crippen molar-refractivity contribution in [1.82, 2.24) is 19.9 Å². The van der Waals surface area contributed by atoms with Crippen LogP contribution in [-0.2, 0) is 6.42 Å². The minimum Gasteiger partial charge on any atom is -0.352 e. The highest BCUT2D eigenvalue weighted by atomic mass is 32.1. The van der Waals surface area contributed by atoms with E-state index in [1.807, 2.05) is 21.7 Å². The summed E-state index contributed by atoms with van der Waals surface area (Å²) in [7, 11) is 0. The number of nitrogens with zero attached hydrogens (tertiary/aromatic N) is 5. The number of fused-ring (bicyclic) bond motifs is 1. The van der Waals surface area contributed by atoms with Gasteiger partial charge in [-0.2, -0.15) is 0 Å². The lowest BCUT2D eigenvalue weighted by atomic mass is 10.2. The number of thiophene rings is 1. The van der Waals surface area contributed by atoms with Crippen LogP contribution in [0.4, 0.5) is 5.82 Å². The van der Waals surface area contributed by atoms with Crippen LogP contribution in [0.1, 0.15) is 15.5 Å². The third-order valence-corrected chi connectivity index (χ3v) is 6.03. The summed E-state index contributed by atoms with van der Waals surface area (Å²) in [5.74, 6) is 0.967. The Labute approximate surface area is 153 Å². The van der Waals surface area contributed by atoms with Gasteiger partial charge in [0.2, 0.25) is 0 Å². The van der Waals surface area contributed by atoms with E-state index in [1.165, 1.54) is 11.3 Å². The van der Waals surface area contributed by atoms with E-state index in [1.54, 1.807) is 17.7 Å². The van der Waals surface area contributed by atoms with Crippen LogP contribution in [0.2, 0.25) is 0 Å². The van der Waals surface area contributed by atoms with Gasteiger partial charge in [-0.1, -0.05) is 0 Å². The second kappa shape index (κ2) is 7.03. The van der Waals surface area contributed by atoms with E-state index in [9.17, 15) is 4.79 Å². The number of piperazine rings is 1. The first-order valence-electron chi connectivity index (χ1n) is 8.13. The summed E-state index contributed by atoms with van der Waals surface area (Å²) in [5.41, 5.74) is 7.05. The van der Waals surface area contributed by atoms with E-state index in [4.69, 9.17) is 5.73 Å². The molecular formula is C16H18N6OS2. The Morgan fingerprint density at radius 1 is 1.20 bits per heavy atom. The molecule has 3 aromatic rings. The van der Waals surface area contributed by atoms with Crippen LogP contribution in [-0.4, -0.2) is 58.5 Å². The average molecular weight is 374 g/mol. The number of nitrogens with two attached hydrogens (primary N) is 1. The van der Waals surface area contributed by atoms with Crippen LogP contribution in [0.5, 0.6) is 0 Å². The predicted octanol–water partition coefficient (Wildman–Crippen LogP) is 1.61. The largest absolute Gasteiger partial charge is 0.352 e. The monoisotopic (exact) mass is 374 g/mol. The molecule has 1 amide bonds. The summed E-state index contributed by atoms with van der Waals surface area (Å²) >= 11 is 3.15. The third kappa shape index (κ3) is 3.22. The van der Waals surface area contributed by atoms with Gasteiger partial charge in [0.05, 0.1) is 15.2 Å². The fourth-order valence-electron chi connectivity index (χ4n) is 2.93. The van der Waals surface area contributed by atoms with E-state index in [0.29, 0.717) is 25.3 Å². The molecule has 4 heterocycles. The van der Waals surface area contributed by atoms with Crippen LogP contribution in [0.3, 0.4) is 0 Å². The van der Waals surface area contributed by atoms with Crippen LogP contribution >= 0.6 is 22.7 Å². The van der Waals surface area contributed by atoms with Gasteiger partial charge in [0.25, 0.3) is 5.91 Å². The minimum absolute atomic E-state index is 0.00290. The zero-order chi connectivity index (χ0) is 17.2. The van der Waals surface area contributed by atoms with Crippen LogP contribution < -0.4 is 10.6 Å². The van der Waals surface area contributed by atoms with Crippen molar-refractivity contribution >= 4 is 44.6 Å². The molecule has 130 valence electrons. The fourth-order valence-corrected chi connectivity index (χ4v) is 4.58. The number of carbonyl (C=O) groups is 1. The van der Waals surface area contributed by atoms with Gasteiger partial charge >= 0.3 is 0 Å². The molecule has 0 aromatic carbocycles. The summed E-state index contributed by atoms with van der Waals surface area (Å²) < 4.78 is 1.10. The standard InChI is InChI=1S/C16H18N6OS2/c17-3-1-13-20-12(9-25-13)16(23)22-6-4-21(5-7-22)15-14-11(2-8-24-14)18-10-19-15/h2,8-10H,1,3-7,17H2. The molecular weight excluding hydrogens is 356 g/mol. The molecule has 1 saturated heterocycles. The van der Waals surface area contributed by atoms with Gasteiger partial charge in [-0.3, -0.25) is 4.79 Å². The lowest BCUT2D eigenvalue weighted by Crippen LogP contribution is -2.49. The smallest absolute Gasteiger partial charge is 0.273 e. The number of hydrogen-bond acceptors (Lipinski definition) is 8. The Balaban J connectivity index is 1.44. The number of anilines is 1. The van der Waals surface area contributed by atoms with E-state index in [2.05, 4.69) is 19.9 Å². The maximum absolute atomic E-state index is 12.6. The molecule has 0 atom stereocenters. The Morgan fingerprint density at radius 2 is 2.04 bits per heavy atom. The maximum atomic E-state index is 12.6. The van der Waals surface area contributed by atoms with Gasteiger partial charge in [-0.25, -0.2) is 15.0 Å². The zero-order valence-electron chi connectivity index (χ0n) is 13.6. The van der Waals surface area contributed by atoms with Gasteiger partial charge in [-0.05, 0) is 18.0 Å². The molecule has 2 N–H and O–H groups in total. The topological polar surface area (TPSA) is 88.2 Å². The highest BCUT2D eigenvalue weighted by Crippen LogP contribution is 2.28. The van der Waals surface area contributed by atoms with Crippen LogP contribution in [0, 0.1) is 0 Å². The molecule has 3 aromatic heterocycles. The number of rotatable bonds is 4. The lowest BCUT2D eigenvalue weighted by molar-refractivity contribution is 0.0741. The number of aromatic nitrogens is 3. The third-order valence-electron chi connectivity index (χ3n) is 4.22. The molecule has 4 rings (SSSR count). The van der Waals surface area contributed by atoms with Crippen molar-refractivity contribution in [3.05, 3.63) is 33.9 Å². The first kappa shape index (κ1) is 16.4. The van der Waals surface area contributed by atoms with E-state index in [-0.39, 0.29) is 5.91 Å². The maximum Gasteiger partial charge on any atom is 0.273 e. The van der Waals surface area contributed by atoms with Gasteiger partial charge in [0.15, 0.2) is 0 Å². The van der Waals surface area contributed by atoms with Crippen molar-refractivity contribution in [2.24, 2.45) is 5.73 Å². The lowest BCUT2D eigenvalue weighted by Gasteiger charge is -2.35. The molecule has 0 saturated carbocycles. The molecule has 1 aliphatic heterocycles. The fraction of sp³-hybridized carbons (Fsp3) is 0.375. The van der Waals surface area contributed by atoms with Crippen molar-refractivity contribution in [3.8, 4) is 0 Å². The number of amides is 1. The molecule has 0 spiro atoms. The number of carbonyl (C=O) groups excluding carboxylic acids is 1. The van der Waals surface area contributed by atoms with Crippen molar-refractivity contribution in [2.75, 3.05) is 37.6 Å². The second-order valence-corrected chi connectivity index (χ2v) is 7.64. The van der Waals surface area contributed by atoms with Gasteiger partial charge in [-0.15, -0.1) is 22.7 Å². The van der Waals surface area contributed by atoms with Gasteiger partial charge in [0, 0.05) is 38.0 Å². The summed E-state index contributed by atoms with van der Waals surface area (Å²) in [6.45, 7) is 3.40. The molecule has 0 bridgehead atoms. The SMILES string of the molecule is NCCc1nc(C(=O)N2CCN(c3ncnc4ccsc34)CC2)cs1. The highest BCUT2D eigenvalue weighted by molar-refractivity contribution is 7.17. The normalized spacial score (nSPS) is 15.1. The van der Waals surface area contributed by atoms with E-state index in [0.717, 1.165) is 40.6 Å². The Kier molecular flexibility index (Phi) is 4.60. The highest BCUT2D eigenvalue weighted by Gasteiger charge is 2.25. The summed E-state index contributed by atoms with van der Waals surface area (Å²) in [5, 5.41) is 4.79. The number of hydrogen-bond donors (Lipinski definition) is 1. The Morgan fingerprint density at radius 3 is 2.84 bits per heavy atom. The van der Waals surface area contributed by atoms with E-state index >= 15 is 0 Å². The van der Waals surface area contributed by atoms with Crippen molar-refractivity contribution in [1.29, 1.82) is 0 Å². The predicted molar refractivity (Wildman–Crippen MR) is 100 cm³/mol. The molecule has 1 aliphatic rings. The quantitative estimate of drug-likeness (QED) is 0.746. The first-order chi connectivity index (χ1) is 12.3. The average Bonchev–Trinajstić information content (AvgIpc) is 3.30. The molecule has 25 heavy (non-hydrogen) atoms. The summed E-state index contributed by atoms with van der Waals surface area (Å²) in [4.78, 5) is 29.9. The Hall–Kier alpha value is -2.10. The summed E-state index contributed by atoms with van der Waals surface area (Å²) in [6.07, 6.45) is 2.33. The van der Waals surface area contributed by atoms with Gasteiger partial charge in [0.1, 0.15) is 17.8 Å². The molecule has 9 heteroatoms. The molecule has 0 aliphatic carbocycles. The van der Waals surface area contributed by atoms with Crippen LogP contribution in [0.25, 0.3) is 10.2 Å². The number of thiazole rings is 1. The van der Waals surface area contributed by atoms with Crippen molar-refractivity contribution in [3.63, 3.8) is 0 Å². The zero-order valence-corrected chi connectivity index (χ0v) is 15.2. The molecule has 7 nitrogen and oxygen atoms in total. The van der Waals surface area contributed by atoms with Crippen molar-refractivity contribution in [2.45, 2.75) is 6.42 Å². The first-order valence-corrected chi connectivity index (χ1v) is 9.89.